The minimum Gasteiger partial charge on any atom is -0.480 e. The van der Waals surface area contributed by atoms with Gasteiger partial charge in [0.15, 0.2) is 11.5 Å². The molecule has 1 amide bonds. The SMILES string of the molecule is CC(SCC(=O)Nc1ccc2c(c1)OCO2)C(=O)O. The topological polar surface area (TPSA) is 84.9 Å². The van der Waals surface area contributed by atoms with Crippen molar-refractivity contribution in [1.82, 2.24) is 0 Å². The van der Waals surface area contributed by atoms with Gasteiger partial charge in [0.25, 0.3) is 0 Å². The summed E-state index contributed by atoms with van der Waals surface area (Å²) in [5.74, 6) is 0.135. The number of hydrogen-bond acceptors (Lipinski definition) is 5. The van der Waals surface area contributed by atoms with E-state index >= 15 is 0 Å². The van der Waals surface area contributed by atoms with Crippen LogP contribution in [0.5, 0.6) is 11.5 Å². The minimum absolute atomic E-state index is 0.0852. The predicted octanol–water partition coefficient (Wildman–Crippen LogP) is 1.56. The third-order valence-corrected chi connectivity index (χ3v) is 3.60. The van der Waals surface area contributed by atoms with E-state index in [9.17, 15) is 9.59 Å². The quantitative estimate of drug-likeness (QED) is 0.853. The summed E-state index contributed by atoms with van der Waals surface area (Å²) < 4.78 is 10.4. The molecule has 1 atom stereocenters. The fourth-order valence-electron chi connectivity index (χ4n) is 1.44. The standard InChI is InChI=1S/C12H13NO5S/c1-7(12(15)16)19-5-11(14)13-8-2-3-9-10(4-8)18-6-17-9/h2-4,7H,5-6H2,1H3,(H,13,14)(H,15,16). The van der Waals surface area contributed by atoms with E-state index in [4.69, 9.17) is 14.6 Å². The molecule has 6 nitrogen and oxygen atoms in total. The van der Waals surface area contributed by atoms with Crippen molar-refractivity contribution in [2.45, 2.75) is 12.2 Å². The zero-order chi connectivity index (χ0) is 13.8. The Bertz CT molecular complexity index is 505. The Morgan fingerprint density at radius 1 is 1.42 bits per heavy atom. The van der Waals surface area contributed by atoms with Crippen LogP contribution in [0, 0.1) is 0 Å². The molecule has 2 rings (SSSR count). The molecule has 1 aliphatic heterocycles. The van der Waals surface area contributed by atoms with E-state index in [2.05, 4.69) is 5.32 Å². The fourth-order valence-corrected chi connectivity index (χ4v) is 2.06. The van der Waals surface area contributed by atoms with Gasteiger partial charge in [-0.05, 0) is 19.1 Å². The number of nitrogens with one attached hydrogen (secondary N) is 1. The van der Waals surface area contributed by atoms with E-state index in [1.807, 2.05) is 0 Å². The Kier molecular flexibility index (Phi) is 4.16. The van der Waals surface area contributed by atoms with Crippen molar-refractivity contribution in [2.75, 3.05) is 17.9 Å². The van der Waals surface area contributed by atoms with Gasteiger partial charge in [-0.1, -0.05) is 0 Å². The molecule has 1 heterocycles. The molecule has 0 fully saturated rings. The van der Waals surface area contributed by atoms with Crippen molar-refractivity contribution in [2.24, 2.45) is 0 Å². The monoisotopic (exact) mass is 283 g/mol. The molecule has 102 valence electrons. The minimum atomic E-state index is -0.930. The van der Waals surface area contributed by atoms with Gasteiger partial charge < -0.3 is 19.9 Å². The number of carboxylic acid groups (broad SMARTS) is 1. The molecule has 0 spiro atoms. The third kappa shape index (κ3) is 3.54. The van der Waals surface area contributed by atoms with Gasteiger partial charge in [-0.3, -0.25) is 9.59 Å². The summed E-state index contributed by atoms with van der Waals surface area (Å²) in [6, 6.07) is 5.09. The summed E-state index contributed by atoms with van der Waals surface area (Å²) >= 11 is 1.07. The maximum absolute atomic E-state index is 11.6. The van der Waals surface area contributed by atoms with Gasteiger partial charge in [0.2, 0.25) is 12.7 Å². The number of hydrogen-bond donors (Lipinski definition) is 2. The summed E-state index contributed by atoms with van der Waals surface area (Å²) in [7, 11) is 0. The number of carboxylic acids is 1. The van der Waals surface area contributed by atoms with Crippen LogP contribution in [-0.2, 0) is 9.59 Å². The Balaban J connectivity index is 1.87. The highest BCUT2D eigenvalue weighted by Crippen LogP contribution is 2.34. The van der Waals surface area contributed by atoms with Crippen LogP contribution in [0.3, 0.4) is 0 Å². The van der Waals surface area contributed by atoms with E-state index in [0.29, 0.717) is 17.2 Å². The molecule has 1 aromatic rings. The molecule has 0 bridgehead atoms. The molecule has 7 heteroatoms. The number of fused-ring (bicyclic) bond motifs is 1. The van der Waals surface area contributed by atoms with E-state index < -0.39 is 11.2 Å². The first-order chi connectivity index (χ1) is 9.06. The van der Waals surface area contributed by atoms with Gasteiger partial charge in [-0.2, -0.15) is 0 Å². The van der Waals surface area contributed by atoms with Crippen LogP contribution in [-0.4, -0.2) is 34.8 Å². The molecule has 19 heavy (non-hydrogen) atoms. The normalized spacial score (nSPS) is 13.9. The number of rotatable bonds is 5. The van der Waals surface area contributed by atoms with Gasteiger partial charge in [-0.25, -0.2) is 0 Å². The van der Waals surface area contributed by atoms with Gasteiger partial charge in [-0.15, -0.1) is 11.8 Å². The van der Waals surface area contributed by atoms with Crippen LogP contribution < -0.4 is 14.8 Å². The first-order valence-corrected chi connectivity index (χ1v) is 6.65. The number of aliphatic carboxylic acids is 1. The number of amides is 1. The van der Waals surface area contributed by atoms with E-state index in [0.717, 1.165) is 11.8 Å². The molecule has 0 radical (unpaired) electrons. The largest absolute Gasteiger partial charge is 0.480 e. The number of thioether (sulfide) groups is 1. The number of benzene rings is 1. The highest BCUT2D eigenvalue weighted by atomic mass is 32.2. The van der Waals surface area contributed by atoms with Gasteiger partial charge in [0.1, 0.15) is 0 Å². The summed E-state index contributed by atoms with van der Waals surface area (Å²) in [6.07, 6.45) is 0. The lowest BCUT2D eigenvalue weighted by Gasteiger charge is -2.07. The molecule has 0 aromatic heterocycles. The maximum Gasteiger partial charge on any atom is 0.316 e. The molecule has 2 N–H and O–H groups in total. The van der Waals surface area contributed by atoms with Crippen LogP contribution >= 0.6 is 11.8 Å². The summed E-state index contributed by atoms with van der Waals surface area (Å²) in [5.41, 5.74) is 0.595. The summed E-state index contributed by atoms with van der Waals surface area (Å²) in [4.78, 5) is 22.3. The van der Waals surface area contributed by atoms with Crippen molar-refractivity contribution in [3.05, 3.63) is 18.2 Å². The van der Waals surface area contributed by atoms with Crippen molar-refractivity contribution >= 4 is 29.3 Å². The highest BCUT2D eigenvalue weighted by Gasteiger charge is 2.16. The van der Waals surface area contributed by atoms with Crippen LogP contribution in [0.1, 0.15) is 6.92 Å². The first kappa shape index (κ1) is 13.5. The molecule has 1 aliphatic rings. The average molecular weight is 283 g/mol. The Labute approximate surface area is 114 Å². The number of anilines is 1. The molecule has 0 aliphatic carbocycles. The van der Waals surface area contributed by atoms with Crippen molar-refractivity contribution in [3.8, 4) is 11.5 Å². The van der Waals surface area contributed by atoms with E-state index in [-0.39, 0.29) is 18.5 Å². The van der Waals surface area contributed by atoms with Crippen LogP contribution in [0.15, 0.2) is 18.2 Å². The average Bonchev–Trinajstić information content (AvgIpc) is 2.83. The second-order valence-electron chi connectivity index (χ2n) is 3.91. The first-order valence-electron chi connectivity index (χ1n) is 5.60. The third-order valence-electron chi connectivity index (χ3n) is 2.47. The lowest BCUT2D eigenvalue weighted by molar-refractivity contribution is -0.136. The predicted molar refractivity (Wildman–Crippen MR) is 70.8 cm³/mol. The fraction of sp³-hybridized carbons (Fsp3) is 0.333. The van der Waals surface area contributed by atoms with Gasteiger partial charge in [0.05, 0.1) is 11.0 Å². The zero-order valence-electron chi connectivity index (χ0n) is 10.2. The number of ether oxygens (including phenoxy) is 2. The van der Waals surface area contributed by atoms with Crippen molar-refractivity contribution in [3.63, 3.8) is 0 Å². The summed E-state index contributed by atoms with van der Waals surface area (Å²) in [6.45, 7) is 1.72. The molecule has 0 saturated carbocycles. The Morgan fingerprint density at radius 2 is 2.16 bits per heavy atom. The second-order valence-corrected chi connectivity index (χ2v) is 5.24. The Morgan fingerprint density at radius 3 is 2.89 bits per heavy atom. The lowest BCUT2D eigenvalue weighted by atomic mass is 10.3. The number of carbonyl (C=O) groups is 2. The zero-order valence-corrected chi connectivity index (χ0v) is 11.0. The van der Waals surface area contributed by atoms with Crippen LogP contribution in [0.4, 0.5) is 5.69 Å². The second kappa shape index (κ2) is 5.83. The molecule has 1 aromatic carbocycles. The molecule has 1 unspecified atom stereocenters. The van der Waals surface area contributed by atoms with E-state index in [1.165, 1.54) is 0 Å². The van der Waals surface area contributed by atoms with Gasteiger partial charge >= 0.3 is 5.97 Å². The van der Waals surface area contributed by atoms with Crippen LogP contribution in [0.25, 0.3) is 0 Å². The van der Waals surface area contributed by atoms with Gasteiger partial charge in [0, 0.05) is 11.8 Å². The molecular weight excluding hydrogens is 270 g/mol. The van der Waals surface area contributed by atoms with Crippen molar-refractivity contribution in [1.29, 1.82) is 0 Å². The number of carbonyl (C=O) groups excluding carboxylic acids is 1. The highest BCUT2D eigenvalue weighted by molar-refractivity contribution is 8.01. The lowest BCUT2D eigenvalue weighted by Crippen LogP contribution is -2.19. The van der Waals surface area contributed by atoms with Crippen molar-refractivity contribution < 1.29 is 24.2 Å². The molecule has 0 saturated heterocycles. The Hall–Kier alpha value is -1.89. The van der Waals surface area contributed by atoms with Crippen LogP contribution in [0.2, 0.25) is 0 Å². The van der Waals surface area contributed by atoms with E-state index in [1.54, 1.807) is 25.1 Å². The molecular formula is C12H13NO5S. The maximum atomic E-state index is 11.6. The smallest absolute Gasteiger partial charge is 0.316 e. The summed E-state index contributed by atoms with van der Waals surface area (Å²) in [5, 5.41) is 10.8.